The predicted molar refractivity (Wildman–Crippen MR) is 142 cm³/mol. The Morgan fingerprint density at radius 2 is 1.92 bits per heavy atom. The lowest BCUT2D eigenvalue weighted by Crippen LogP contribution is -2.59. The van der Waals surface area contributed by atoms with E-state index in [2.05, 4.69) is 44.3 Å². The highest BCUT2D eigenvalue weighted by Gasteiger charge is 2.39. The molecule has 2 atom stereocenters. The zero-order valence-electron chi connectivity index (χ0n) is 20.5. The van der Waals surface area contributed by atoms with Crippen LogP contribution in [0.15, 0.2) is 48.9 Å². The molecule has 0 bridgehead atoms. The number of hydrogen-bond donors (Lipinski definition) is 3. The van der Waals surface area contributed by atoms with Crippen LogP contribution in [0.4, 0.5) is 5.82 Å². The number of aromatic nitrogens is 5. The summed E-state index contributed by atoms with van der Waals surface area (Å²) in [5.74, 6) is 2.00. The van der Waals surface area contributed by atoms with Gasteiger partial charge < -0.3 is 20.3 Å². The van der Waals surface area contributed by atoms with E-state index in [1.807, 2.05) is 37.5 Å². The number of para-hydroxylation sites is 1. The largest absolute Gasteiger partial charge is 0.387 e. The molecule has 0 radical (unpaired) electrons. The first-order chi connectivity index (χ1) is 17.5. The van der Waals surface area contributed by atoms with Crippen molar-refractivity contribution in [2.75, 3.05) is 25.0 Å². The lowest BCUT2D eigenvalue weighted by molar-refractivity contribution is 0.0143. The second-order valence-corrected chi connectivity index (χ2v) is 10.5. The number of pyridine rings is 2. The fourth-order valence-corrected chi connectivity index (χ4v) is 5.89. The average molecular weight is 480 g/mol. The van der Waals surface area contributed by atoms with Crippen LogP contribution in [-0.4, -0.2) is 61.8 Å². The SMILES string of the molecule is CN(c1nc(-c2ccnc3[nH]c4ccccc4c23)nc2cncc(C3CC3)c12)C1CCNCC1(C)O. The smallest absolute Gasteiger partial charge is 0.163 e. The van der Waals surface area contributed by atoms with Crippen molar-refractivity contribution in [3.05, 3.63) is 54.5 Å². The summed E-state index contributed by atoms with van der Waals surface area (Å²) < 4.78 is 0. The Hall–Kier alpha value is -3.62. The van der Waals surface area contributed by atoms with E-state index in [0.717, 1.165) is 70.0 Å². The van der Waals surface area contributed by atoms with Gasteiger partial charge in [0.2, 0.25) is 0 Å². The number of β-amino-alcohol motifs (C(OH)–C–C–N with tert-alkyl or cyclic N) is 1. The number of nitrogens with zero attached hydrogens (tertiary/aromatic N) is 5. The molecule has 1 aliphatic heterocycles. The second-order valence-electron chi connectivity index (χ2n) is 10.5. The molecule has 5 heterocycles. The number of H-pyrrole nitrogens is 1. The Morgan fingerprint density at radius 1 is 1.06 bits per heavy atom. The Labute approximate surface area is 208 Å². The van der Waals surface area contributed by atoms with Crippen molar-refractivity contribution in [3.63, 3.8) is 0 Å². The third-order valence-corrected chi connectivity index (χ3v) is 7.87. The van der Waals surface area contributed by atoms with E-state index in [-0.39, 0.29) is 6.04 Å². The van der Waals surface area contributed by atoms with Crippen LogP contribution in [0.3, 0.4) is 0 Å². The minimum absolute atomic E-state index is 0.0736. The van der Waals surface area contributed by atoms with Crippen LogP contribution in [0, 0.1) is 0 Å². The number of rotatable bonds is 4. The van der Waals surface area contributed by atoms with Gasteiger partial charge in [0.25, 0.3) is 0 Å². The Balaban J connectivity index is 1.49. The molecule has 0 amide bonds. The van der Waals surface area contributed by atoms with Gasteiger partial charge in [-0.2, -0.15) is 0 Å². The van der Waals surface area contributed by atoms with Gasteiger partial charge in [-0.25, -0.2) is 15.0 Å². The molecule has 4 aromatic heterocycles. The molecular formula is C28H29N7O. The maximum atomic E-state index is 11.3. The van der Waals surface area contributed by atoms with Gasteiger partial charge in [0.1, 0.15) is 11.5 Å². The zero-order valence-corrected chi connectivity index (χ0v) is 20.5. The maximum Gasteiger partial charge on any atom is 0.163 e. The minimum Gasteiger partial charge on any atom is -0.387 e. The normalized spacial score (nSPS) is 22.5. The minimum atomic E-state index is -0.877. The molecule has 1 aliphatic carbocycles. The molecule has 5 aromatic rings. The van der Waals surface area contributed by atoms with Crippen LogP contribution < -0.4 is 10.2 Å². The predicted octanol–water partition coefficient (Wildman–Crippen LogP) is 4.15. The number of aliphatic hydroxyl groups is 1. The van der Waals surface area contributed by atoms with Gasteiger partial charge in [-0.15, -0.1) is 0 Å². The fraction of sp³-hybridized carbons (Fsp3) is 0.357. The maximum absolute atomic E-state index is 11.3. The van der Waals surface area contributed by atoms with E-state index in [1.165, 1.54) is 5.56 Å². The van der Waals surface area contributed by atoms with Crippen LogP contribution in [0.2, 0.25) is 0 Å². The molecule has 7 rings (SSSR count). The summed E-state index contributed by atoms with van der Waals surface area (Å²) >= 11 is 0. The monoisotopic (exact) mass is 479 g/mol. The molecule has 182 valence electrons. The lowest BCUT2D eigenvalue weighted by atomic mass is 9.89. The molecule has 8 nitrogen and oxygen atoms in total. The number of nitrogens with one attached hydrogen (secondary N) is 2. The third-order valence-electron chi connectivity index (χ3n) is 7.87. The summed E-state index contributed by atoms with van der Waals surface area (Å²) in [5.41, 5.74) is 3.96. The lowest BCUT2D eigenvalue weighted by Gasteiger charge is -2.43. The van der Waals surface area contributed by atoms with Gasteiger partial charge in [0, 0.05) is 53.2 Å². The van der Waals surface area contributed by atoms with Crippen LogP contribution >= 0.6 is 0 Å². The number of hydrogen-bond acceptors (Lipinski definition) is 7. The third kappa shape index (κ3) is 3.36. The number of piperidine rings is 1. The van der Waals surface area contributed by atoms with E-state index < -0.39 is 5.60 Å². The summed E-state index contributed by atoms with van der Waals surface area (Å²) in [4.78, 5) is 25.1. The standard InChI is InChI=1S/C28H29N7O/c1-28(36)15-29-11-10-22(28)35(2)27-24-19(16-7-8-16)13-30-14-21(24)33-25(34-27)18-9-12-31-26-23(18)17-5-3-4-6-20(17)32-26/h3-6,9,12-14,16,22,29,36H,7-8,10-11,15H2,1-2H3,(H,31,32). The molecule has 1 aromatic carbocycles. The zero-order chi connectivity index (χ0) is 24.4. The highest BCUT2D eigenvalue weighted by molar-refractivity contribution is 6.12. The number of benzene rings is 1. The summed E-state index contributed by atoms with van der Waals surface area (Å²) in [6, 6.07) is 10.1. The first-order valence-corrected chi connectivity index (χ1v) is 12.7. The van der Waals surface area contributed by atoms with Crippen molar-refractivity contribution >= 4 is 38.7 Å². The molecule has 0 spiro atoms. The van der Waals surface area contributed by atoms with Crippen molar-refractivity contribution < 1.29 is 5.11 Å². The topological polar surface area (TPSA) is 103 Å². The Morgan fingerprint density at radius 3 is 2.75 bits per heavy atom. The molecule has 2 fully saturated rings. The molecule has 2 unspecified atom stereocenters. The van der Waals surface area contributed by atoms with Crippen LogP contribution in [0.5, 0.6) is 0 Å². The van der Waals surface area contributed by atoms with Crippen molar-refractivity contribution in [3.8, 4) is 11.4 Å². The van der Waals surface area contributed by atoms with Crippen molar-refractivity contribution in [2.24, 2.45) is 0 Å². The van der Waals surface area contributed by atoms with Gasteiger partial charge in [-0.3, -0.25) is 4.98 Å². The molecule has 36 heavy (non-hydrogen) atoms. The first-order valence-electron chi connectivity index (χ1n) is 12.7. The van der Waals surface area contributed by atoms with Crippen molar-refractivity contribution in [1.29, 1.82) is 0 Å². The van der Waals surface area contributed by atoms with Crippen LogP contribution in [0.25, 0.3) is 44.2 Å². The number of anilines is 1. The molecule has 1 saturated carbocycles. The molecule has 8 heteroatoms. The van der Waals surface area contributed by atoms with Crippen molar-refractivity contribution in [2.45, 2.75) is 43.7 Å². The van der Waals surface area contributed by atoms with E-state index in [4.69, 9.17) is 9.97 Å². The summed E-state index contributed by atoms with van der Waals surface area (Å²) in [5, 5.41) is 17.8. The van der Waals surface area contributed by atoms with Gasteiger partial charge in [0.15, 0.2) is 5.82 Å². The van der Waals surface area contributed by atoms with E-state index in [1.54, 1.807) is 6.20 Å². The Kier molecular flexibility index (Phi) is 4.78. The van der Waals surface area contributed by atoms with Gasteiger partial charge in [0.05, 0.1) is 23.4 Å². The van der Waals surface area contributed by atoms with Gasteiger partial charge >= 0.3 is 0 Å². The summed E-state index contributed by atoms with van der Waals surface area (Å²) in [6.45, 7) is 3.32. The quantitative estimate of drug-likeness (QED) is 0.356. The molecule has 2 aliphatic rings. The van der Waals surface area contributed by atoms with Gasteiger partial charge in [-0.05, 0) is 56.3 Å². The van der Waals surface area contributed by atoms with Crippen LogP contribution in [-0.2, 0) is 0 Å². The fourth-order valence-electron chi connectivity index (χ4n) is 5.89. The number of likely N-dealkylation sites (N-methyl/N-ethyl adjacent to an activating group) is 1. The number of fused-ring (bicyclic) bond motifs is 4. The van der Waals surface area contributed by atoms with Crippen molar-refractivity contribution in [1.82, 2.24) is 30.2 Å². The van der Waals surface area contributed by atoms with Gasteiger partial charge in [-0.1, -0.05) is 18.2 Å². The van der Waals surface area contributed by atoms with E-state index in [0.29, 0.717) is 18.3 Å². The number of aromatic amines is 1. The Bertz CT molecular complexity index is 1620. The second kappa shape index (κ2) is 7.94. The molecule has 1 saturated heterocycles. The summed E-state index contributed by atoms with van der Waals surface area (Å²) in [7, 11) is 2.06. The van der Waals surface area contributed by atoms with E-state index >= 15 is 0 Å². The highest BCUT2D eigenvalue weighted by Crippen LogP contribution is 2.45. The molecular weight excluding hydrogens is 450 g/mol. The molecule has 3 N–H and O–H groups in total. The summed E-state index contributed by atoms with van der Waals surface area (Å²) in [6.07, 6.45) is 8.79. The van der Waals surface area contributed by atoms with E-state index in [9.17, 15) is 5.11 Å². The average Bonchev–Trinajstić information content (AvgIpc) is 3.66. The van der Waals surface area contributed by atoms with Crippen LogP contribution in [0.1, 0.15) is 37.7 Å². The first kappa shape index (κ1) is 21.6. The highest BCUT2D eigenvalue weighted by atomic mass is 16.3.